The fraction of sp³-hybridized carbons (Fsp3) is 0.571. The first-order chi connectivity index (χ1) is 29.0. The van der Waals surface area contributed by atoms with Crippen LogP contribution in [0, 0.1) is 0 Å². The number of nitrogens with two attached hydrogens (primary N) is 2. The van der Waals surface area contributed by atoms with E-state index < -0.39 is 86.3 Å². The fourth-order valence-corrected chi connectivity index (χ4v) is 11.4. The molecular weight excluding hydrogens is 935 g/mol. The molecule has 8 heterocycles. The van der Waals surface area contributed by atoms with Crippen molar-refractivity contribution in [2.45, 2.75) is 59.4 Å². The number of amides is 2. The number of nitrogen functional groups attached to an aromatic ring is 2. The van der Waals surface area contributed by atoms with Gasteiger partial charge in [0, 0.05) is 13.1 Å². The van der Waals surface area contributed by atoms with Crippen molar-refractivity contribution < 1.29 is 61.9 Å². The number of fused-ring (bicyclic) bond motifs is 4. The van der Waals surface area contributed by atoms with Crippen molar-refractivity contribution in [3.8, 4) is 0 Å². The zero-order valence-corrected chi connectivity index (χ0v) is 36.2. The number of aliphatic hydroxyl groups is 2. The third-order valence-corrected chi connectivity index (χ3v) is 14.5. The summed E-state index contributed by atoms with van der Waals surface area (Å²) in [5.74, 6) is -1.64. The molecule has 0 bridgehead atoms. The maximum Gasteiger partial charge on any atom is 0.476 e. The van der Waals surface area contributed by atoms with Crippen LogP contribution in [-0.2, 0) is 41.9 Å². The molecule has 0 aromatic carbocycles. The Balaban J connectivity index is 0.802. The van der Waals surface area contributed by atoms with Gasteiger partial charge in [-0.15, -0.1) is 0 Å². The first-order valence-electron chi connectivity index (χ1n) is 17.9. The summed E-state index contributed by atoms with van der Waals surface area (Å²) in [5, 5.41) is 27.9. The maximum absolute atomic E-state index is 12.8. The molecule has 4 aliphatic heterocycles. The second kappa shape index (κ2) is 17.9. The van der Waals surface area contributed by atoms with Gasteiger partial charge in [0.25, 0.3) is 11.1 Å². The third kappa shape index (κ3) is 9.48. The van der Waals surface area contributed by atoms with Crippen molar-refractivity contribution >= 4 is 108 Å². The summed E-state index contributed by atoms with van der Waals surface area (Å²) in [6, 6.07) is 0. The maximum atomic E-state index is 12.8. The molecule has 332 valence electrons. The molecule has 10 atom stereocenters. The molecule has 4 saturated heterocycles. The van der Waals surface area contributed by atoms with Crippen molar-refractivity contribution in [1.82, 2.24) is 49.7 Å². The lowest BCUT2D eigenvalue weighted by molar-refractivity contribution is -0.119. The molecule has 8 rings (SSSR count). The van der Waals surface area contributed by atoms with Gasteiger partial charge < -0.3 is 46.5 Å². The third-order valence-electron chi connectivity index (χ3n) is 9.33. The first kappa shape index (κ1) is 44.7. The Labute approximate surface area is 361 Å². The first-order valence-corrected chi connectivity index (χ1v) is 25.4. The second-order valence-corrected chi connectivity index (χ2v) is 21.3. The second-order valence-electron chi connectivity index (χ2n) is 13.5. The Morgan fingerprint density at radius 2 is 1.18 bits per heavy atom. The molecule has 2 amide bonds. The molecule has 4 aliphatic rings. The quantitative estimate of drug-likeness (QED) is 0.0267. The number of nitrogens with zero attached hydrogens (tertiary/aromatic N) is 6. The summed E-state index contributed by atoms with van der Waals surface area (Å²) in [6.45, 7) is 0.144. The molecular formula is C28H38N12O15P2S4+2. The van der Waals surface area contributed by atoms with E-state index >= 15 is 0 Å². The molecule has 4 aromatic rings. The van der Waals surface area contributed by atoms with Gasteiger partial charge in [-0.3, -0.25) is 38.3 Å². The van der Waals surface area contributed by atoms with Crippen molar-refractivity contribution in [2.75, 3.05) is 62.5 Å². The molecule has 0 saturated carbocycles. The number of hydrogen-bond acceptors (Lipinski definition) is 25. The van der Waals surface area contributed by atoms with Gasteiger partial charge in [-0.05, 0) is 0 Å². The van der Waals surface area contributed by atoms with Crippen LogP contribution in [0.15, 0.2) is 19.9 Å². The molecule has 33 heteroatoms. The van der Waals surface area contributed by atoms with E-state index in [-0.39, 0.29) is 95.6 Å². The van der Waals surface area contributed by atoms with Gasteiger partial charge in [-0.25, -0.2) is 9.97 Å². The lowest BCUT2D eigenvalue weighted by Gasteiger charge is -2.25. The summed E-state index contributed by atoms with van der Waals surface area (Å²) in [4.78, 5) is 93.0. The number of hydrogen-bond donors (Lipinski definition) is 12. The van der Waals surface area contributed by atoms with E-state index in [4.69, 9.17) is 43.8 Å². The smallest absolute Gasteiger partial charge is 0.385 e. The summed E-state index contributed by atoms with van der Waals surface area (Å²) < 4.78 is 41.5. The van der Waals surface area contributed by atoms with Gasteiger partial charge in [0.2, 0.25) is 23.7 Å². The van der Waals surface area contributed by atoms with Gasteiger partial charge in [-0.2, -0.15) is 37.8 Å². The average molecular weight is 973 g/mol. The number of aromatic amines is 2. The SMILES string of the molecule is Nc1nc2c(nc(SCC(=O)NCCOCCNC(=O)CSc3nc4c(=O)[nH]c(N)nc4n3[C@@H]3OC4CO[P+](O)(S)O[C@H]4[C@@H]3O)n2[C@@H]2OC3CO[P+](O)(S)O[C@H]3[C@@H]2O)c(=O)[nH]1. The van der Waals surface area contributed by atoms with Crippen molar-refractivity contribution in [3.05, 3.63) is 20.7 Å². The molecule has 0 spiro atoms. The monoisotopic (exact) mass is 972 g/mol. The molecule has 0 radical (unpaired) electrons. The van der Waals surface area contributed by atoms with Crippen LogP contribution < -0.4 is 33.2 Å². The van der Waals surface area contributed by atoms with Crippen LogP contribution in [0.1, 0.15) is 12.5 Å². The van der Waals surface area contributed by atoms with Gasteiger partial charge >= 0.3 is 14.3 Å². The van der Waals surface area contributed by atoms with Crippen LogP contribution >= 0.6 is 62.3 Å². The number of carbonyl (C=O) groups excluding carboxylic acids is 2. The molecule has 4 fully saturated rings. The lowest BCUT2D eigenvalue weighted by Crippen LogP contribution is -2.39. The number of aliphatic hydroxyl groups excluding tert-OH is 2. The number of imidazole rings is 2. The normalized spacial score (nSPS) is 31.0. The molecule has 61 heavy (non-hydrogen) atoms. The zero-order chi connectivity index (χ0) is 43.4. The highest BCUT2D eigenvalue weighted by molar-refractivity contribution is 8.47. The number of thioether (sulfide) groups is 2. The van der Waals surface area contributed by atoms with Gasteiger partial charge in [0.15, 0.2) is 57.3 Å². The number of H-pyrrole nitrogens is 2. The molecule has 4 unspecified atom stereocenters. The van der Waals surface area contributed by atoms with E-state index in [1.54, 1.807) is 0 Å². The van der Waals surface area contributed by atoms with Crippen LogP contribution in [0.2, 0.25) is 0 Å². The highest BCUT2D eigenvalue weighted by Crippen LogP contribution is 2.67. The number of ether oxygens (including phenoxy) is 3. The van der Waals surface area contributed by atoms with Crippen LogP contribution in [0.3, 0.4) is 0 Å². The van der Waals surface area contributed by atoms with Crippen molar-refractivity contribution in [3.63, 3.8) is 0 Å². The van der Waals surface area contributed by atoms with E-state index in [0.717, 1.165) is 23.5 Å². The lowest BCUT2D eigenvalue weighted by atomic mass is 10.1. The number of thiol groups is 2. The number of rotatable bonds is 14. The zero-order valence-electron chi connectivity index (χ0n) is 31.0. The highest BCUT2D eigenvalue weighted by atomic mass is 32.7. The predicted octanol–water partition coefficient (Wildman–Crippen LogP) is -2.60. The highest BCUT2D eigenvalue weighted by Gasteiger charge is 2.60. The van der Waals surface area contributed by atoms with Crippen molar-refractivity contribution in [1.29, 1.82) is 0 Å². The Bertz CT molecular complexity index is 2280. The fourth-order valence-electron chi connectivity index (χ4n) is 6.73. The molecule has 4 aromatic heterocycles. The average Bonchev–Trinajstić information content (AvgIpc) is 3.92. The van der Waals surface area contributed by atoms with Crippen molar-refractivity contribution in [2.24, 2.45) is 0 Å². The Morgan fingerprint density at radius 1 is 0.770 bits per heavy atom. The number of aromatic nitrogens is 8. The van der Waals surface area contributed by atoms with Gasteiger partial charge in [0.1, 0.15) is 37.6 Å². The summed E-state index contributed by atoms with van der Waals surface area (Å²) in [5.41, 5.74) is 10.0. The topological polar surface area (TPSA) is 383 Å². The predicted molar refractivity (Wildman–Crippen MR) is 221 cm³/mol. The van der Waals surface area contributed by atoms with E-state index in [0.29, 0.717) is 0 Å². The van der Waals surface area contributed by atoms with Crippen LogP contribution in [0.5, 0.6) is 0 Å². The minimum atomic E-state index is -3.49. The summed E-state index contributed by atoms with van der Waals surface area (Å²) >= 11 is 9.82. The summed E-state index contributed by atoms with van der Waals surface area (Å²) in [7, 11) is -6.99. The molecule has 12 N–H and O–H groups in total. The minimum Gasteiger partial charge on any atom is -0.385 e. The number of anilines is 2. The number of carbonyl (C=O) groups is 2. The molecule has 0 aliphatic carbocycles. The van der Waals surface area contributed by atoms with E-state index in [1.807, 2.05) is 0 Å². The Hall–Kier alpha value is -2.94. The van der Waals surface area contributed by atoms with Crippen LogP contribution in [0.4, 0.5) is 11.9 Å². The minimum absolute atomic E-state index is 0.0141. The van der Waals surface area contributed by atoms with E-state index in [9.17, 15) is 39.2 Å². The Kier molecular flexibility index (Phi) is 13.1. The number of nitrogens with one attached hydrogen (secondary N) is 4. The Morgan fingerprint density at radius 3 is 1.59 bits per heavy atom. The van der Waals surface area contributed by atoms with Gasteiger partial charge in [-0.1, -0.05) is 23.5 Å². The van der Waals surface area contributed by atoms with E-state index in [1.165, 1.54) is 9.13 Å². The standard InChI is InChI=1S/C28H36N12O15P2S4/c29-25-35-19-13(21(45)37-25)33-27(39(19)23-15(43)17-9(52-23)5-50-56(47,58)54-17)60-7-11(41)31-1-3-49-4-2-32-12(42)8-61-28-34-14-20(36-26(30)38-22(14)46)40(28)24-16(44)18-10(53-24)6-51-57(48,59)55-18/h9-10,15-18,23-24,43-44,47-48,58-59H,1-8H2,(H6-2,29,30,31,32,35,36,37,38,41,42,45,46)/p+2/t9?,10?,15-,16-,17+,18+,23+,24+,56?,57?/m0/s1. The largest absolute Gasteiger partial charge is 0.476 e. The van der Waals surface area contributed by atoms with Crippen LogP contribution in [0.25, 0.3) is 22.3 Å². The summed E-state index contributed by atoms with van der Waals surface area (Å²) in [6.07, 6.45) is -8.80. The van der Waals surface area contributed by atoms with Gasteiger partial charge in [0.05, 0.1) is 49.2 Å². The van der Waals surface area contributed by atoms with Crippen LogP contribution in [-0.4, -0.2) is 158 Å². The van der Waals surface area contributed by atoms with E-state index in [2.05, 4.69) is 65.0 Å². The molecule has 27 nitrogen and oxygen atoms in total.